The molecule has 0 spiro atoms. The molecule has 4 heteroatoms. The summed E-state index contributed by atoms with van der Waals surface area (Å²) in [5, 5.41) is 8.95. The summed E-state index contributed by atoms with van der Waals surface area (Å²) in [6.07, 6.45) is 0.101. The van der Waals surface area contributed by atoms with Crippen LogP contribution >= 0.6 is 8.03 Å². The predicted molar refractivity (Wildman–Crippen MR) is 41.6 cm³/mol. The fourth-order valence-corrected chi connectivity index (χ4v) is 1.32. The highest BCUT2D eigenvalue weighted by atomic mass is 31.1. The first kappa shape index (κ1) is 8.18. The van der Waals surface area contributed by atoms with Crippen LogP contribution in [0.1, 0.15) is 5.56 Å². The van der Waals surface area contributed by atoms with Crippen molar-refractivity contribution in [3.63, 3.8) is 0 Å². The maximum absolute atomic E-state index is 10.3. The van der Waals surface area contributed by atoms with E-state index >= 15 is 0 Å². The Bertz CT molecular complexity index is 272. The molecule has 11 heavy (non-hydrogen) atoms. The van der Waals surface area contributed by atoms with E-state index in [0.29, 0.717) is 5.56 Å². The van der Waals surface area contributed by atoms with E-state index in [1.807, 2.05) is 0 Å². The van der Waals surface area contributed by atoms with Crippen molar-refractivity contribution in [1.82, 2.24) is 0 Å². The first-order valence-corrected chi connectivity index (χ1v) is 4.49. The van der Waals surface area contributed by atoms with Crippen molar-refractivity contribution in [3.05, 3.63) is 29.8 Å². The minimum absolute atomic E-state index is 0.101. The van der Waals surface area contributed by atoms with Gasteiger partial charge in [0, 0.05) is 5.56 Å². The standard InChI is InChI=1S/C7H7O3P/c8-7-3-1-2-6(4-7)5-11(9)10/h1-4H,5H2,(H-,8,9,10)/p+1. The molecule has 1 rings (SSSR count). The summed E-state index contributed by atoms with van der Waals surface area (Å²) in [7, 11) is -2.15. The van der Waals surface area contributed by atoms with Crippen molar-refractivity contribution in [2.24, 2.45) is 0 Å². The molecule has 3 nitrogen and oxygen atoms in total. The Morgan fingerprint density at radius 1 is 1.45 bits per heavy atom. The van der Waals surface area contributed by atoms with Gasteiger partial charge in [0.1, 0.15) is 5.75 Å². The maximum atomic E-state index is 10.3. The summed E-state index contributed by atoms with van der Waals surface area (Å²) in [5.41, 5.74) is 0.675. The van der Waals surface area contributed by atoms with E-state index in [2.05, 4.69) is 0 Å². The Labute approximate surface area is 65.2 Å². The number of phenols is 1. The van der Waals surface area contributed by atoms with Gasteiger partial charge in [-0.15, -0.1) is 0 Å². The highest BCUT2D eigenvalue weighted by Crippen LogP contribution is 2.22. The second-order valence-electron chi connectivity index (χ2n) is 2.18. The van der Waals surface area contributed by atoms with E-state index in [1.54, 1.807) is 12.1 Å². The van der Waals surface area contributed by atoms with E-state index in [-0.39, 0.29) is 11.9 Å². The number of aromatic hydroxyl groups is 1. The summed E-state index contributed by atoms with van der Waals surface area (Å²) in [5.74, 6) is 0.124. The number of benzene rings is 1. The van der Waals surface area contributed by atoms with E-state index < -0.39 is 8.03 Å². The zero-order valence-electron chi connectivity index (χ0n) is 5.77. The molecule has 0 radical (unpaired) electrons. The summed E-state index contributed by atoms with van der Waals surface area (Å²) < 4.78 is 10.3. The van der Waals surface area contributed by atoms with Gasteiger partial charge in [0.05, 0.1) is 0 Å². The van der Waals surface area contributed by atoms with Crippen LogP contribution in [0.25, 0.3) is 0 Å². The lowest BCUT2D eigenvalue weighted by Crippen LogP contribution is -1.77. The maximum Gasteiger partial charge on any atom is 0.510 e. The molecule has 0 aliphatic rings. The largest absolute Gasteiger partial charge is 0.510 e. The molecule has 0 saturated heterocycles. The molecule has 2 N–H and O–H groups in total. The minimum atomic E-state index is -2.15. The van der Waals surface area contributed by atoms with Crippen LogP contribution in [0.3, 0.4) is 0 Å². The molecule has 0 saturated carbocycles. The minimum Gasteiger partial charge on any atom is -0.508 e. The molecule has 0 aromatic heterocycles. The van der Waals surface area contributed by atoms with Gasteiger partial charge in [-0.1, -0.05) is 12.1 Å². The smallest absolute Gasteiger partial charge is 0.508 e. The van der Waals surface area contributed by atoms with Gasteiger partial charge in [-0.3, -0.25) is 0 Å². The van der Waals surface area contributed by atoms with Crippen LogP contribution in [0.2, 0.25) is 0 Å². The van der Waals surface area contributed by atoms with Gasteiger partial charge in [-0.25, -0.2) is 0 Å². The first-order chi connectivity index (χ1) is 5.18. The van der Waals surface area contributed by atoms with E-state index in [4.69, 9.17) is 10.00 Å². The molecule has 1 aromatic carbocycles. The molecule has 1 unspecified atom stereocenters. The average molecular weight is 171 g/mol. The van der Waals surface area contributed by atoms with Crippen LogP contribution in [0.5, 0.6) is 5.75 Å². The van der Waals surface area contributed by atoms with Crippen molar-refractivity contribution in [1.29, 1.82) is 0 Å². The van der Waals surface area contributed by atoms with Gasteiger partial charge < -0.3 is 5.11 Å². The Morgan fingerprint density at radius 3 is 2.73 bits per heavy atom. The van der Waals surface area contributed by atoms with Crippen LogP contribution in [0, 0.1) is 0 Å². The average Bonchev–Trinajstić information content (AvgIpc) is 1.85. The number of hydrogen-bond acceptors (Lipinski definition) is 2. The summed E-state index contributed by atoms with van der Waals surface area (Å²) in [4.78, 5) is 8.52. The van der Waals surface area contributed by atoms with Gasteiger partial charge in [0.15, 0.2) is 0 Å². The Hall–Kier alpha value is -0.920. The lowest BCUT2D eigenvalue weighted by molar-refractivity contribution is 0.474. The van der Waals surface area contributed by atoms with Crippen LogP contribution in [-0.4, -0.2) is 10.00 Å². The fraction of sp³-hybridized carbons (Fsp3) is 0.143. The van der Waals surface area contributed by atoms with Gasteiger partial charge in [-0.2, -0.15) is 4.89 Å². The number of rotatable bonds is 2. The highest BCUT2D eigenvalue weighted by molar-refractivity contribution is 7.37. The SMILES string of the molecule is O=[P+](O)Cc1cccc(O)c1. The van der Waals surface area contributed by atoms with Crippen LogP contribution in [0.4, 0.5) is 0 Å². The number of hydrogen-bond donors (Lipinski definition) is 2. The van der Waals surface area contributed by atoms with Crippen LogP contribution in [-0.2, 0) is 10.7 Å². The van der Waals surface area contributed by atoms with Crippen molar-refractivity contribution in [3.8, 4) is 5.75 Å². The Kier molecular flexibility index (Phi) is 2.58. The van der Waals surface area contributed by atoms with Gasteiger partial charge in [0.25, 0.3) is 0 Å². The van der Waals surface area contributed by atoms with Crippen molar-refractivity contribution in [2.45, 2.75) is 6.16 Å². The van der Waals surface area contributed by atoms with Gasteiger partial charge >= 0.3 is 8.03 Å². The van der Waals surface area contributed by atoms with Crippen molar-refractivity contribution in [2.75, 3.05) is 0 Å². The lowest BCUT2D eigenvalue weighted by Gasteiger charge is -1.91. The number of phenolic OH excluding ortho intramolecular Hbond substituents is 1. The third kappa shape index (κ3) is 2.66. The zero-order chi connectivity index (χ0) is 8.27. The molecule has 0 heterocycles. The summed E-state index contributed by atoms with van der Waals surface area (Å²) in [6, 6.07) is 6.34. The molecule has 1 aromatic rings. The normalized spacial score (nSPS) is 11.2. The monoisotopic (exact) mass is 171 g/mol. The molecule has 0 fully saturated rings. The molecule has 0 aliphatic heterocycles. The molecule has 1 atom stereocenters. The van der Waals surface area contributed by atoms with Crippen LogP contribution in [0.15, 0.2) is 24.3 Å². The second-order valence-corrected chi connectivity index (χ2v) is 3.20. The topological polar surface area (TPSA) is 57.5 Å². The third-order valence-electron chi connectivity index (χ3n) is 1.23. The fourth-order valence-electron chi connectivity index (χ4n) is 0.811. The van der Waals surface area contributed by atoms with Crippen molar-refractivity contribution < 1.29 is 14.6 Å². The lowest BCUT2D eigenvalue weighted by atomic mass is 10.2. The Balaban J connectivity index is 2.79. The summed E-state index contributed by atoms with van der Waals surface area (Å²) >= 11 is 0. The van der Waals surface area contributed by atoms with E-state index in [9.17, 15) is 4.57 Å². The van der Waals surface area contributed by atoms with Crippen LogP contribution < -0.4 is 0 Å². The Morgan fingerprint density at radius 2 is 2.18 bits per heavy atom. The predicted octanol–water partition coefficient (Wildman–Crippen LogP) is 1.63. The van der Waals surface area contributed by atoms with Gasteiger partial charge in [0.2, 0.25) is 6.16 Å². The van der Waals surface area contributed by atoms with E-state index in [1.165, 1.54) is 12.1 Å². The van der Waals surface area contributed by atoms with Gasteiger partial charge in [-0.05, 0) is 16.7 Å². The highest BCUT2D eigenvalue weighted by Gasteiger charge is 2.10. The third-order valence-corrected chi connectivity index (χ3v) is 1.86. The second kappa shape index (κ2) is 3.46. The molecule has 0 bridgehead atoms. The first-order valence-electron chi connectivity index (χ1n) is 3.10. The quantitative estimate of drug-likeness (QED) is 0.665. The molecule has 0 amide bonds. The molecule has 0 aliphatic carbocycles. The zero-order valence-corrected chi connectivity index (χ0v) is 6.66. The summed E-state index contributed by atoms with van der Waals surface area (Å²) in [6.45, 7) is 0. The van der Waals surface area contributed by atoms with Crippen molar-refractivity contribution >= 4 is 8.03 Å². The molecule has 58 valence electrons. The molecular formula is C7H8O3P+. The van der Waals surface area contributed by atoms with E-state index in [0.717, 1.165) is 0 Å². The molecular weight excluding hydrogens is 163 g/mol.